The first-order valence-corrected chi connectivity index (χ1v) is 16.4. The van der Waals surface area contributed by atoms with E-state index in [1.807, 2.05) is 0 Å². The van der Waals surface area contributed by atoms with Gasteiger partial charge in [0.05, 0.1) is 42.3 Å². The molecule has 48 heavy (non-hydrogen) atoms. The summed E-state index contributed by atoms with van der Waals surface area (Å²) in [5, 5.41) is 0. The van der Waals surface area contributed by atoms with Crippen LogP contribution in [0.4, 0.5) is 0 Å². The normalized spacial score (nSPS) is 11.6. The first-order chi connectivity index (χ1) is 23.2. The average molecular weight is 649 g/mol. The third kappa shape index (κ3) is 6.78. The van der Waals surface area contributed by atoms with Gasteiger partial charge in [0, 0.05) is 33.4 Å². The van der Waals surface area contributed by atoms with Crippen molar-refractivity contribution in [2.45, 2.75) is 39.3 Å². The van der Waals surface area contributed by atoms with Gasteiger partial charge in [0.25, 0.3) is 0 Å². The van der Waals surface area contributed by atoms with Crippen LogP contribution in [0.15, 0.2) is 112 Å². The van der Waals surface area contributed by atoms with Gasteiger partial charge in [-0.3, -0.25) is 0 Å². The van der Waals surface area contributed by atoms with Crippen molar-refractivity contribution in [2.75, 3.05) is 0 Å². The minimum Gasteiger partial charge on any atom is -0.240 e. The number of aryl methyl sites for hydroxylation is 6. The third-order valence-electron chi connectivity index (χ3n) is 9.17. The molecule has 0 saturated heterocycles. The minimum absolute atomic E-state index is 0.768. The molecule has 1 aromatic carbocycles. The maximum atomic E-state index is 2.32. The first kappa shape index (κ1) is 31.1. The summed E-state index contributed by atoms with van der Waals surface area (Å²) < 4.78 is 26.7. The molecule has 0 spiro atoms. The number of hydrogen-bond donors (Lipinski definition) is 0. The fourth-order valence-electron chi connectivity index (χ4n) is 6.90. The van der Waals surface area contributed by atoms with Gasteiger partial charge in [0.2, 0.25) is 38.0 Å². The van der Waals surface area contributed by atoms with Gasteiger partial charge in [0.1, 0.15) is 114 Å². The Morgan fingerprint density at radius 2 is 0.438 bits per heavy atom. The molecule has 0 amide bonds. The molecule has 12 nitrogen and oxygen atoms in total. The SMILES string of the molecule is C[n+]1ccn(Cc2c(Cn3cc[n+](C)c3)c(Cn3cc[n+](C)c3)c(Cn3cc[n+](C)c3)c(Cn3cc[n+](C)c3)c2Cn2cc[n+](C)c2)c1. The molecular formula is C36H48N12+6. The second-order valence-electron chi connectivity index (χ2n) is 13.4. The van der Waals surface area contributed by atoms with Crippen LogP contribution in [-0.4, -0.2) is 27.4 Å². The molecule has 0 atom stereocenters. The van der Waals surface area contributed by atoms with Crippen molar-refractivity contribution in [3.8, 4) is 0 Å². The van der Waals surface area contributed by atoms with Crippen LogP contribution in [-0.2, 0) is 81.6 Å². The van der Waals surface area contributed by atoms with Crippen LogP contribution in [0.5, 0.6) is 0 Å². The van der Waals surface area contributed by atoms with Crippen LogP contribution in [0.1, 0.15) is 33.4 Å². The Labute approximate surface area is 281 Å². The van der Waals surface area contributed by atoms with E-state index < -0.39 is 0 Å². The number of benzene rings is 1. The van der Waals surface area contributed by atoms with E-state index in [0.717, 1.165) is 39.3 Å². The highest BCUT2D eigenvalue weighted by atomic mass is 15.1. The lowest BCUT2D eigenvalue weighted by molar-refractivity contribution is -0.671. The van der Waals surface area contributed by atoms with E-state index in [2.05, 4.69) is 209 Å². The van der Waals surface area contributed by atoms with Gasteiger partial charge in [-0.25, -0.2) is 54.8 Å². The molecule has 12 heteroatoms. The maximum Gasteiger partial charge on any atom is 0.243 e. The summed E-state index contributed by atoms with van der Waals surface area (Å²) in [4.78, 5) is 0. The maximum absolute atomic E-state index is 2.32. The Morgan fingerprint density at radius 1 is 0.292 bits per heavy atom. The lowest BCUT2D eigenvalue weighted by Gasteiger charge is -2.24. The molecule has 0 unspecified atom stereocenters. The van der Waals surface area contributed by atoms with Gasteiger partial charge in [-0.2, -0.15) is 0 Å². The molecule has 0 bridgehead atoms. The summed E-state index contributed by atoms with van der Waals surface area (Å²) in [5.41, 5.74) is 8.24. The van der Waals surface area contributed by atoms with Crippen molar-refractivity contribution in [1.82, 2.24) is 27.4 Å². The average Bonchev–Trinajstić information content (AvgIpc) is 3.90. The monoisotopic (exact) mass is 648 g/mol. The van der Waals surface area contributed by atoms with E-state index in [1.54, 1.807) is 0 Å². The van der Waals surface area contributed by atoms with E-state index in [4.69, 9.17) is 0 Å². The van der Waals surface area contributed by atoms with Crippen molar-refractivity contribution in [2.24, 2.45) is 42.3 Å². The Morgan fingerprint density at radius 3 is 0.542 bits per heavy atom. The van der Waals surface area contributed by atoms with Crippen LogP contribution in [0, 0.1) is 0 Å². The van der Waals surface area contributed by atoms with Crippen molar-refractivity contribution >= 4 is 0 Å². The van der Waals surface area contributed by atoms with Crippen LogP contribution in [0.2, 0.25) is 0 Å². The highest BCUT2D eigenvalue weighted by molar-refractivity contribution is 5.53. The summed E-state index contributed by atoms with van der Waals surface area (Å²) in [6.45, 7) is 4.61. The van der Waals surface area contributed by atoms with Crippen molar-refractivity contribution in [1.29, 1.82) is 0 Å². The minimum atomic E-state index is 0.768. The molecular weight excluding hydrogens is 600 g/mol. The Balaban J connectivity index is 1.55. The second kappa shape index (κ2) is 12.9. The zero-order valence-electron chi connectivity index (χ0n) is 29.0. The summed E-state index contributed by atoms with van der Waals surface area (Å²) in [6, 6.07) is 0. The Bertz CT molecular complexity index is 1760. The van der Waals surface area contributed by atoms with E-state index in [0.29, 0.717) is 0 Å². The number of rotatable bonds is 12. The topological polar surface area (TPSA) is 52.9 Å². The molecule has 6 heterocycles. The molecule has 0 aliphatic heterocycles. The molecule has 0 fully saturated rings. The molecule has 0 saturated carbocycles. The van der Waals surface area contributed by atoms with Gasteiger partial charge in [-0.05, 0) is 0 Å². The third-order valence-corrected chi connectivity index (χ3v) is 9.17. The van der Waals surface area contributed by atoms with Crippen LogP contribution in [0.3, 0.4) is 0 Å². The molecule has 7 aromatic rings. The van der Waals surface area contributed by atoms with Crippen molar-refractivity contribution in [3.63, 3.8) is 0 Å². The standard InChI is InChI=1S/C36H48N12/c1-37-7-13-43(25-37)19-31-32(20-44-14-8-38(2)26-44)34(22-46-16-10-40(4)28-46)36(24-48-18-12-42(6)30-48)35(23-47-17-11-41(5)29-47)33(31)21-45-15-9-39(3)27-45/h7-18,25-30H,19-24H2,1-6H3/q+6. The fourth-order valence-corrected chi connectivity index (χ4v) is 6.90. The number of hydrogen-bond acceptors (Lipinski definition) is 0. The summed E-state index contributed by atoms with van der Waals surface area (Å²) in [6.07, 6.45) is 39.0. The molecule has 6 aromatic heterocycles. The van der Waals surface area contributed by atoms with E-state index in [-0.39, 0.29) is 0 Å². The van der Waals surface area contributed by atoms with E-state index in [1.165, 1.54) is 33.4 Å². The van der Waals surface area contributed by atoms with Crippen LogP contribution in [0.25, 0.3) is 0 Å². The molecule has 0 radical (unpaired) electrons. The number of imidazole rings is 6. The molecule has 0 aliphatic rings. The van der Waals surface area contributed by atoms with Gasteiger partial charge in [-0.15, -0.1) is 0 Å². The van der Waals surface area contributed by atoms with Gasteiger partial charge in [0.15, 0.2) is 0 Å². The molecule has 0 N–H and O–H groups in total. The van der Waals surface area contributed by atoms with Gasteiger partial charge >= 0.3 is 0 Å². The quantitative estimate of drug-likeness (QED) is 0.164. The first-order valence-electron chi connectivity index (χ1n) is 16.4. The van der Waals surface area contributed by atoms with E-state index in [9.17, 15) is 0 Å². The summed E-state index contributed by atoms with van der Waals surface area (Å²) in [7, 11) is 12.5. The Hall–Kier alpha value is -5.52. The van der Waals surface area contributed by atoms with Gasteiger partial charge in [-0.1, -0.05) is 0 Å². The predicted octanol–water partition coefficient (Wildman–Crippen LogP) is -0.268. The van der Waals surface area contributed by atoms with Crippen molar-refractivity contribution in [3.05, 3.63) is 146 Å². The lowest BCUT2D eigenvalue weighted by atomic mass is 9.85. The van der Waals surface area contributed by atoms with E-state index >= 15 is 0 Å². The highest BCUT2D eigenvalue weighted by Gasteiger charge is 2.30. The zero-order chi connectivity index (χ0) is 33.4. The molecule has 7 rings (SSSR count). The fraction of sp³-hybridized carbons (Fsp3) is 0.333. The number of aromatic nitrogens is 12. The molecule has 0 aliphatic carbocycles. The Kier molecular flexibility index (Phi) is 8.38. The largest absolute Gasteiger partial charge is 0.243 e. The number of nitrogens with zero attached hydrogens (tertiary/aromatic N) is 12. The van der Waals surface area contributed by atoms with Crippen LogP contribution >= 0.6 is 0 Å². The smallest absolute Gasteiger partial charge is 0.240 e. The highest BCUT2D eigenvalue weighted by Crippen LogP contribution is 2.33. The van der Waals surface area contributed by atoms with Crippen molar-refractivity contribution < 1.29 is 27.4 Å². The molecule has 246 valence electrons. The predicted molar refractivity (Wildman–Crippen MR) is 175 cm³/mol. The summed E-state index contributed by atoms with van der Waals surface area (Å²) >= 11 is 0. The second-order valence-corrected chi connectivity index (χ2v) is 13.4. The van der Waals surface area contributed by atoms with Crippen LogP contribution < -0.4 is 27.4 Å². The lowest BCUT2D eigenvalue weighted by Crippen LogP contribution is -2.27. The zero-order valence-corrected chi connectivity index (χ0v) is 29.0. The summed E-state index contributed by atoms with van der Waals surface area (Å²) in [5.74, 6) is 0. The van der Waals surface area contributed by atoms with Gasteiger partial charge < -0.3 is 0 Å².